The molecule has 0 unspecified atom stereocenters. The molecule has 0 spiro atoms. The van der Waals surface area contributed by atoms with Crippen molar-refractivity contribution >= 4 is 42.9 Å². The average Bonchev–Trinajstić information content (AvgIpc) is 3.13. The number of fused-ring (bicyclic) bond motifs is 3. The van der Waals surface area contributed by atoms with Gasteiger partial charge >= 0.3 is 0 Å². The molecule has 2 heteroatoms. The Labute approximate surface area is 182 Å². The third-order valence-electron chi connectivity index (χ3n) is 5.52. The van der Waals surface area contributed by atoms with E-state index in [2.05, 4.69) is 123 Å². The molecule has 0 N–H and O–H groups in total. The van der Waals surface area contributed by atoms with Crippen molar-refractivity contribution in [3.05, 3.63) is 97.1 Å². The van der Waals surface area contributed by atoms with Crippen molar-refractivity contribution in [3.8, 4) is 11.1 Å². The van der Waals surface area contributed by atoms with Gasteiger partial charge in [-0.05, 0) is 50.6 Å². The summed E-state index contributed by atoms with van der Waals surface area (Å²) in [6, 6.07) is 34.9. The Balaban J connectivity index is 1.83. The summed E-state index contributed by atoms with van der Waals surface area (Å²) in [5.74, 6) is 0. The number of hydrogen-bond acceptors (Lipinski definition) is 2. The second-order valence-corrected chi connectivity index (χ2v) is 9.72. The minimum absolute atomic E-state index is 0.0950. The normalized spacial score (nSPS) is 11.8. The molecule has 1 nitrogen and oxygen atoms in total. The van der Waals surface area contributed by atoms with Crippen LogP contribution in [0.1, 0.15) is 20.8 Å². The Morgan fingerprint density at radius 2 is 1.23 bits per heavy atom. The first-order valence-electron chi connectivity index (χ1n) is 10.4. The molecule has 1 heterocycles. The van der Waals surface area contributed by atoms with Crippen LogP contribution in [0.4, 0.5) is 11.4 Å². The van der Waals surface area contributed by atoms with Crippen molar-refractivity contribution in [1.82, 2.24) is 0 Å². The lowest BCUT2D eigenvalue weighted by atomic mass is 9.96. The van der Waals surface area contributed by atoms with E-state index in [0.717, 1.165) is 0 Å². The molecule has 0 aliphatic rings. The number of thiophene rings is 1. The maximum absolute atomic E-state index is 2.51. The SMILES string of the molecule is CC(C)(C)N(c1ccccc1-c1ccccc1)c1cccc2sc3ccccc3c12. The monoisotopic (exact) mass is 407 g/mol. The number of para-hydroxylation sites is 1. The first-order chi connectivity index (χ1) is 14.5. The summed E-state index contributed by atoms with van der Waals surface area (Å²) in [5, 5.41) is 2.68. The van der Waals surface area contributed by atoms with Crippen LogP contribution in [0.3, 0.4) is 0 Å². The highest BCUT2D eigenvalue weighted by Crippen LogP contribution is 2.46. The van der Waals surface area contributed by atoms with Gasteiger partial charge in [-0.3, -0.25) is 0 Å². The summed E-state index contributed by atoms with van der Waals surface area (Å²) in [7, 11) is 0. The van der Waals surface area contributed by atoms with Gasteiger partial charge in [-0.2, -0.15) is 0 Å². The van der Waals surface area contributed by atoms with Gasteiger partial charge in [0.2, 0.25) is 0 Å². The Bertz CT molecular complexity index is 1330. The minimum Gasteiger partial charge on any atom is -0.335 e. The van der Waals surface area contributed by atoms with Gasteiger partial charge < -0.3 is 4.90 Å². The summed E-state index contributed by atoms with van der Waals surface area (Å²) in [6.45, 7) is 6.88. The molecule has 4 aromatic carbocycles. The highest BCUT2D eigenvalue weighted by Gasteiger charge is 2.28. The Kier molecular flexibility index (Phi) is 4.60. The highest BCUT2D eigenvalue weighted by molar-refractivity contribution is 7.25. The molecule has 0 fully saturated rings. The zero-order valence-electron chi connectivity index (χ0n) is 17.6. The minimum atomic E-state index is -0.0950. The Hall–Kier alpha value is -3.10. The van der Waals surface area contributed by atoms with Crippen molar-refractivity contribution in [2.24, 2.45) is 0 Å². The molecule has 30 heavy (non-hydrogen) atoms. The maximum atomic E-state index is 2.51. The summed E-state index contributed by atoms with van der Waals surface area (Å²) in [6.07, 6.45) is 0. The molecule has 148 valence electrons. The molecule has 5 rings (SSSR count). The smallest absolute Gasteiger partial charge is 0.0510 e. The van der Waals surface area contributed by atoms with E-state index in [9.17, 15) is 0 Å². The second-order valence-electron chi connectivity index (χ2n) is 8.64. The molecule has 0 aliphatic heterocycles. The maximum Gasteiger partial charge on any atom is 0.0510 e. The van der Waals surface area contributed by atoms with E-state index in [4.69, 9.17) is 0 Å². The molecule has 0 amide bonds. The van der Waals surface area contributed by atoms with E-state index in [-0.39, 0.29) is 5.54 Å². The first-order valence-corrected chi connectivity index (χ1v) is 11.2. The summed E-state index contributed by atoms with van der Waals surface area (Å²) >= 11 is 1.87. The highest BCUT2D eigenvalue weighted by atomic mass is 32.1. The van der Waals surface area contributed by atoms with Gasteiger partial charge in [0.05, 0.1) is 5.69 Å². The fourth-order valence-corrected chi connectivity index (χ4v) is 5.45. The van der Waals surface area contributed by atoms with Gasteiger partial charge in [-0.15, -0.1) is 11.3 Å². The molecule has 0 atom stereocenters. The zero-order chi connectivity index (χ0) is 20.7. The third kappa shape index (κ3) is 3.18. The molecule has 0 aliphatic carbocycles. The lowest BCUT2D eigenvalue weighted by molar-refractivity contribution is 0.562. The van der Waals surface area contributed by atoms with E-state index >= 15 is 0 Å². The van der Waals surface area contributed by atoms with Gasteiger partial charge in [0, 0.05) is 37.0 Å². The Morgan fingerprint density at radius 1 is 0.600 bits per heavy atom. The van der Waals surface area contributed by atoms with Crippen molar-refractivity contribution in [2.75, 3.05) is 4.90 Å². The molecular weight excluding hydrogens is 382 g/mol. The first kappa shape index (κ1) is 18.9. The second kappa shape index (κ2) is 7.30. The van der Waals surface area contributed by atoms with Crippen LogP contribution in [0, 0.1) is 0 Å². The molecule has 5 aromatic rings. The molecule has 0 saturated heterocycles. The predicted octanol–water partition coefficient (Wildman–Crippen LogP) is 8.66. The summed E-state index contributed by atoms with van der Waals surface area (Å²) in [4.78, 5) is 2.51. The van der Waals surface area contributed by atoms with Crippen LogP contribution in [0.15, 0.2) is 97.1 Å². The largest absolute Gasteiger partial charge is 0.335 e. The van der Waals surface area contributed by atoms with E-state index in [1.54, 1.807) is 0 Å². The van der Waals surface area contributed by atoms with Gasteiger partial charge in [0.1, 0.15) is 0 Å². The van der Waals surface area contributed by atoms with Crippen LogP contribution in [-0.4, -0.2) is 5.54 Å². The van der Waals surface area contributed by atoms with Gasteiger partial charge in [-0.1, -0.05) is 72.8 Å². The van der Waals surface area contributed by atoms with Crippen LogP contribution in [0.25, 0.3) is 31.3 Å². The van der Waals surface area contributed by atoms with Crippen LogP contribution < -0.4 is 4.90 Å². The zero-order valence-corrected chi connectivity index (χ0v) is 18.4. The number of hydrogen-bond donors (Lipinski definition) is 0. The van der Waals surface area contributed by atoms with Gasteiger partial charge in [-0.25, -0.2) is 0 Å². The fourth-order valence-electron chi connectivity index (χ4n) is 4.33. The van der Waals surface area contributed by atoms with E-state index in [1.807, 2.05) is 11.3 Å². The predicted molar refractivity (Wildman–Crippen MR) is 133 cm³/mol. The molecular formula is C28H25NS. The van der Waals surface area contributed by atoms with Crippen molar-refractivity contribution in [2.45, 2.75) is 26.3 Å². The lowest BCUT2D eigenvalue weighted by Gasteiger charge is -2.39. The van der Waals surface area contributed by atoms with Crippen LogP contribution >= 0.6 is 11.3 Å². The van der Waals surface area contributed by atoms with Gasteiger partial charge in [0.25, 0.3) is 0 Å². The molecule has 1 aromatic heterocycles. The quantitative estimate of drug-likeness (QED) is 0.289. The van der Waals surface area contributed by atoms with E-state index in [0.29, 0.717) is 0 Å². The van der Waals surface area contributed by atoms with Gasteiger partial charge in [0.15, 0.2) is 0 Å². The number of rotatable bonds is 3. The fraction of sp³-hybridized carbons (Fsp3) is 0.143. The van der Waals surface area contributed by atoms with E-state index in [1.165, 1.54) is 42.7 Å². The van der Waals surface area contributed by atoms with Crippen LogP contribution in [0.5, 0.6) is 0 Å². The van der Waals surface area contributed by atoms with Crippen LogP contribution in [0.2, 0.25) is 0 Å². The molecule has 0 saturated carbocycles. The summed E-state index contributed by atoms with van der Waals surface area (Å²) in [5.41, 5.74) is 4.90. The standard InChI is InChI=1S/C28H25NS/c1-28(2,3)29(23-16-9-7-14-21(23)20-12-5-4-6-13-20)24-17-11-19-26-27(24)22-15-8-10-18-25(22)30-26/h4-19H,1-3H3. The number of nitrogens with zero attached hydrogens (tertiary/aromatic N) is 1. The molecule has 0 radical (unpaired) electrons. The average molecular weight is 408 g/mol. The number of benzene rings is 4. The van der Waals surface area contributed by atoms with Crippen molar-refractivity contribution < 1.29 is 0 Å². The topological polar surface area (TPSA) is 3.24 Å². The summed E-state index contributed by atoms with van der Waals surface area (Å²) < 4.78 is 2.67. The number of anilines is 2. The molecule has 0 bridgehead atoms. The van der Waals surface area contributed by atoms with E-state index < -0.39 is 0 Å². The Morgan fingerprint density at radius 3 is 2.03 bits per heavy atom. The van der Waals surface area contributed by atoms with Crippen molar-refractivity contribution in [1.29, 1.82) is 0 Å². The lowest BCUT2D eigenvalue weighted by Crippen LogP contribution is -2.38. The van der Waals surface area contributed by atoms with Crippen LogP contribution in [-0.2, 0) is 0 Å². The van der Waals surface area contributed by atoms with Crippen molar-refractivity contribution in [3.63, 3.8) is 0 Å². The third-order valence-corrected chi connectivity index (χ3v) is 6.66.